The molecule has 0 bridgehead atoms. The average Bonchev–Trinajstić information content (AvgIpc) is 2.55. The molecule has 1 atom stereocenters. The minimum atomic E-state index is -0.346. The van der Waals surface area contributed by atoms with Crippen LogP contribution in [-0.4, -0.2) is 43.4 Å². The van der Waals surface area contributed by atoms with Gasteiger partial charge < -0.3 is 10.6 Å². The van der Waals surface area contributed by atoms with E-state index in [4.69, 9.17) is 0 Å². The molecular weight excluding hydrogens is 314 g/mol. The third-order valence-corrected chi connectivity index (χ3v) is 4.74. The maximum absolute atomic E-state index is 12.6. The van der Waals surface area contributed by atoms with E-state index in [2.05, 4.69) is 10.6 Å². The van der Waals surface area contributed by atoms with Crippen molar-refractivity contribution in [3.05, 3.63) is 35.4 Å². The van der Waals surface area contributed by atoms with Gasteiger partial charge in [0.1, 0.15) is 6.04 Å². The third kappa shape index (κ3) is 6.16. The molecule has 0 unspecified atom stereocenters. The number of likely N-dealkylation sites (N-methyl/N-ethyl adjacent to an activating group) is 1. The molecule has 2 amide bonds. The van der Waals surface area contributed by atoms with Gasteiger partial charge >= 0.3 is 0 Å². The van der Waals surface area contributed by atoms with E-state index in [1.54, 1.807) is 0 Å². The maximum Gasteiger partial charge on any atom is 0.241 e. The number of carbonyl (C=O) groups is 2. The molecule has 0 radical (unpaired) electrons. The van der Waals surface area contributed by atoms with Crippen molar-refractivity contribution in [2.24, 2.45) is 0 Å². The predicted molar refractivity (Wildman–Crippen MR) is 100 cm³/mol. The average molecular weight is 345 g/mol. The van der Waals surface area contributed by atoms with Gasteiger partial charge in [0, 0.05) is 19.0 Å². The van der Waals surface area contributed by atoms with Crippen LogP contribution in [0.25, 0.3) is 0 Å². The van der Waals surface area contributed by atoms with Gasteiger partial charge in [-0.15, -0.1) is 0 Å². The van der Waals surface area contributed by atoms with Gasteiger partial charge in [-0.3, -0.25) is 14.5 Å². The van der Waals surface area contributed by atoms with Crippen molar-refractivity contribution in [1.29, 1.82) is 0 Å². The first kappa shape index (κ1) is 19.4. The van der Waals surface area contributed by atoms with Gasteiger partial charge in [0.15, 0.2) is 0 Å². The van der Waals surface area contributed by atoms with Gasteiger partial charge in [-0.05, 0) is 39.4 Å². The normalized spacial score (nSPS) is 16.5. The lowest BCUT2D eigenvalue weighted by atomic mass is 9.95. The SMILES string of the molecule is Cc1cccc([C@@H](C(=O)NCCC(=O)NC2CCCCC2)N(C)C)c1. The molecule has 2 rings (SSSR count). The molecule has 1 aliphatic carbocycles. The summed E-state index contributed by atoms with van der Waals surface area (Å²) < 4.78 is 0. The standard InChI is InChI=1S/C20H31N3O2/c1-15-8-7-9-16(14-15)19(23(2)3)20(25)21-13-12-18(24)22-17-10-5-4-6-11-17/h7-9,14,17,19H,4-6,10-13H2,1-3H3,(H,21,25)(H,22,24)/t19-/m0/s1. The second kappa shape index (κ2) is 9.56. The second-order valence-electron chi connectivity index (χ2n) is 7.22. The molecule has 2 N–H and O–H groups in total. The summed E-state index contributed by atoms with van der Waals surface area (Å²) >= 11 is 0. The smallest absolute Gasteiger partial charge is 0.241 e. The van der Waals surface area contributed by atoms with Gasteiger partial charge in [-0.25, -0.2) is 0 Å². The summed E-state index contributed by atoms with van der Waals surface area (Å²) in [6.45, 7) is 2.39. The number of aryl methyl sites for hydroxylation is 1. The molecule has 1 aliphatic rings. The highest BCUT2D eigenvalue weighted by Crippen LogP contribution is 2.20. The van der Waals surface area contributed by atoms with Crippen LogP contribution in [0.15, 0.2) is 24.3 Å². The monoisotopic (exact) mass is 345 g/mol. The number of amides is 2. The van der Waals surface area contributed by atoms with Crippen LogP contribution in [0.3, 0.4) is 0 Å². The number of rotatable bonds is 7. The van der Waals surface area contributed by atoms with Crippen LogP contribution >= 0.6 is 0 Å². The Kier molecular flexibility index (Phi) is 7.44. The van der Waals surface area contributed by atoms with Crippen LogP contribution in [0.5, 0.6) is 0 Å². The van der Waals surface area contributed by atoms with E-state index >= 15 is 0 Å². The van der Waals surface area contributed by atoms with Crippen molar-refractivity contribution in [2.45, 2.75) is 57.5 Å². The molecule has 5 heteroatoms. The van der Waals surface area contributed by atoms with Gasteiger partial charge in [0.25, 0.3) is 0 Å². The van der Waals surface area contributed by atoms with E-state index in [9.17, 15) is 9.59 Å². The minimum absolute atomic E-state index is 0.0316. The van der Waals surface area contributed by atoms with Crippen LogP contribution < -0.4 is 10.6 Å². The summed E-state index contributed by atoms with van der Waals surface area (Å²) in [6, 6.07) is 7.95. The lowest BCUT2D eigenvalue weighted by Gasteiger charge is -2.25. The third-order valence-electron chi connectivity index (χ3n) is 4.74. The van der Waals surface area contributed by atoms with Crippen LogP contribution in [0.2, 0.25) is 0 Å². The van der Waals surface area contributed by atoms with E-state index in [0.29, 0.717) is 19.0 Å². The second-order valence-corrected chi connectivity index (χ2v) is 7.22. The fourth-order valence-electron chi connectivity index (χ4n) is 3.47. The number of carbonyl (C=O) groups excluding carboxylic acids is 2. The van der Waals surface area contributed by atoms with Gasteiger partial charge in [0.2, 0.25) is 11.8 Å². The highest BCUT2D eigenvalue weighted by atomic mass is 16.2. The van der Waals surface area contributed by atoms with Crippen LogP contribution in [0.1, 0.15) is 55.7 Å². The Morgan fingerprint density at radius 1 is 1.20 bits per heavy atom. The first-order valence-electron chi connectivity index (χ1n) is 9.27. The Hall–Kier alpha value is -1.88. The molecule has 1 fully saturated rings. The van der Waals surface area contributed by atoms with E-state index in [1.807, 2.05) is 50.2 Å². The quantitative estimate of drug-likeness (QED) is 0.798. The first-order chi connectivity index (χ1) is 12.0. The number of nitrogens with zero attached hydrogens (tertiary/aromatic N) is 1. The number of benzene rings is 1. The molecule has 5 nitrogen and oxygen atoms in total. The topological polar surface area (TPSA) is 61.4 Å². The van der Waals surface area contributed by atoms with E-state index in [1.165, 1.54) is 19.3 Å². The zero-order valence-electron chi connectivity index (χ0n) is 15.7. The summed E-state index contributed by atoms with van der Waals surface area (Å²) in [7, 11) is 3.78. The van der Waals surface area contributed by atoms with Crippen molar-refractivity contribution in [3.63, 3.8) is 0 Å². The Morgan fingerprint density at radius 2 is 1.92 bits per heavy atom. The van der Waals surface area contributed by atoms with Gasteiger partial charge in [-0.2, -0.15) is 0 Å². The molecule has 1 aromatic rings. The number of hydrogen-bond donors (Lipinski definition) is 2. The van der Waals surface area contributed by atoms with E-state index in [-0.39, 0.29) is 17.9 Å². The molecule has 0 heterocycles. The van der Waals surface area contributed by atoms with Crippen LogP contribution in [0, 0.1) is 6.92 Å². The Bertz CT molecular complexity index is 580. The summed E-state index contributed by atoms with van der Waals surface area (Å²) in [5, 5.41) is 5.99. The molecule has 0 aromatic heterocycles. The molecule has 1 aromatic carbocycles. The largest absolute Gasteiger partial charge is 0.354 e. The lowest BCUT2D eigenvalue weighted by Crippen LogP contribution is -2.40. The Balaban J connectivity index is 1.81. The molecule has 0 aliphatic heterocycles. The fourth-order valence-corrected chi connectivity index (χ4v) is 3.47. The zero-order valence-corrected chi connectivity index (χ0v) is 15.7. The van der Waals surface area contributed by atoms with Crippen molar-refractivity contribution in [2.75, 3.05) is 20.6 Å². The summed E-state index contributed by atoms with van der Waals surface area (Å²) in [5.41, 5.74) is 2.10. The summed E-state index contributed by atoms with van der Waals surface area (Å²) in [6.07, 6.45) is 6.15. The molecule has 1 saturated carbocycles. The summed E-state index contributed by atoms with van der Waals surface area (Å²) in [5.74, 6) is -0.0368. The Morgan fingerprint density at radius 3 is 2.56 bits per heavy atom. The van der Waals surface area contributed by atoms with E-state index in [0.717, 1.165) is 24.0 Å². The van der Waals surface area contributed by atoms with Crippen molar-refractivity contribution in [1.82, 2.24) is 15.5 Å². The minimum Gasteiger partial charge on any atom is -0.354 e. The highest BCUT2D eigenvalue weighted by Gasteiger charge is 2.23. The zero-order chi connectivity index (χ0) is 18.2. The number of nitrogens with one attached hydrogen (secondary N) is 2. The van der Waals surface area contributed by atoms with Crippen molar-refractivity contribution >= 4 is 11.8 Å². The molecule has 25 heavy (non-hydrogen) atoms. The molecular formula is C20H31N3O2. The molecule has 138 valence electrons. The summed E-state index contributed by atoms with van der Waals surface area (Å²) in [4.78, 5) is 26.5. The fraction of sp³-hybridized carbons (Fsp3) is 0.600. The van der Waals surface area contributed by atoms with E-state index < -0.39 is 0 Å². The molecule has 0 spiro atoms. The van der Waals surface area contributed by atoms with Crippen molar-refractivity contribution < 1.29 is 9.59 Å². The van der Waals surface area contributed by atoms with Crippen LogP contribution in [-0.2, 0) is 9.59 Å². The van der Waals surface area contributed by atoms with Crippen molar-refractivity contribution in [3.8, 4) is 0 Å². The Labute approximate surface area is 151 Å². The first-order valence-corrected chi connectivity index (χ1v) is 9.27. The molecule has 0 saturated heterocycles. The predicted octanol–water partition coefficient (Wildman–Crippen LogP) is 2.55. The van der Waals surface area contributed by atoms with Gasteiger partial charge in [-0.1, -0.05) is 49.1 Å². The maximum atomic E-state index is 12.6. The highest BCUT2D eigenvalue weighted by molar-refractivity contribution is 5.84. The lowest BCUT2D eigenvalue weighted by molar-refractivity contribution is -0.126. The van der Waals surface area contributed by atoms with Gasteiger partial charge in [0.05, 0.1) is 0 Å². The number of hydrogen-bond acceptors (Lipinski definition) is 3. The van der Waals surface area contributed by atoms with Crippen LogP contribution in [0.4, 0.5) is 0 Å².